The van der Waals surface area contributed by atoms with Crippen LogP contribution in [0.15, 0.2) is 46.9 Å². The summed E-state index contributed by atoms with van der Waals surface area (Å²) in [7, 11) is 1.46. The number of carbonyl (C=O) groups is 1. The summed E-state index contributed by atoms with van der Waals surface area (Å²) in [5.74, 6) is 0.287. The summed E-state index contributed by atoms with van der Waals surface area (Å²) in [5, 5.41) is 13.8. The molecule has 1 aromatic carbocycles. The average Bonchev–Trinajstić information content (AvgIpc) is 2.55. The molecular formula is C14H14N4O3S. The molecule has 0 aliphatic heterocycles. The Balaban J connectivity index is 1.83. The molecule has 2 N–H and O–H groups in total. The third kappa shape index (κ3) is 4.74. The number of methoxy groups -OCH3 is 1. The highest BCUT2D eigenvalue weighted by Gasteiger charge is 2.03. The van der Waals surface area contributed by atoms with Gasteiger partial charge in [0.05, 0.1) is 19.1 Å². The molecule has 1 heterocycles. The highest BCUT2D eigenvalue weighted by Crippen LogP contribution is 2.25. The number of phenolic OH excluding ortho intramolecular Hbond substituents is 1. The average molecular weight is 318 g/mol. The van der Waals surface area contributed by atoms with Gasteiger partial charge in [0.2, 0.25) is 0 Å². The second-order valence-electron chi connectivity index (χ2n) is 4.04. The van der Waals surface area contributed by atoms with Crippen LogP contribution in [0, 0.1) is 0 Å². The van der Waals surface area contributed by atoms with Gasteiger partial charge in [0.15, 0.2) is 16.7 Å². The number of nitrogens with zero attached hydrogens (tertiary/aromatic N) is 3. The SMILES string of the molecule is COc1cc(/C=N\NC(=O)CSc2ncccn2)ccc1O. The summed E-state index contributed by atoms with van der Waals surface area (Å²) < 4.78 is 4.98. The van der Waals surface area contributed by atoms with Gasteiger partial charge in [0, 0.05) is 12.4 Å². The summed E-state index contributed by atoms with van der Waals surface area (Å²) in [6.07, 6.45) is 4.69. The van der Waals surface area contributed by atoms with Crippen LogP contribution in [0.25, 0.3) is 0 Å². The van der Waals surface area contributed by atoms with Crippen LogP contribution in [0.2, 0.25) is 0 Å². The van der Waals surface area contributed by atoms with Gasteiger partial charge in [-0.25, -0.2) is 15.4 Å². The highest BCUT2D eigenvalue weighted by atomic mass is 32.2. The summed E-state index contributed by atoms with van der Waals surface area (Å²) >= 11 is 1.22. The van der Waals surface area contributed by atoms with Gasteiger partial charge in [-0.3, -0.25) is 4.79 Å². The van der Waals surface area contributed by atoms with Gasteiger partial charge in [-0.05, 0) is 29.8 Å². The van der Waals surface area contributed by atoms with Crippen LogP contribution in [-0.2, 0) is 4.79 Å². The van der Waals surface area contributed by atoms with Crippen molar-refractivity contribution < 1.29 is 14.6 Å². The summed E-state index contributed by atoms with van der Waals surface area (Å²) in [6.45, 7) is 0. The Morgan fingerprint density at radius 3 is 2.95 bits per heavy atom. The Morgan fingerprint density at radius 1 is 1.45 bits per heavy atom. The predicted molar refractivity (Wildman–Crippen MR) is 83.2 cm³/mol. The van der Waals surface area contributed by atoms with Gasteiger partial charge in [0.1, 0.15) is 0 Å². The van der Waals surface area contributed by atoms with Gasteiger partial charge in [0.25, 0.3) is 5.91 Å². The van der Waals surface area contributed by atoms with Crippen molar-refractivity contribution in [3.05, 3.63) is 42.2 Å². The van der Waals surface area contributed by atoms with Gasteiger partial charge in [-0.15, -0.1) is 0 Å². The van der Waals surface area contributed by atoms with Crippen molar-refractivity contribution in [2.45, 2.75) is 5.16 Å². The minimum absolute atomic E-state index is 0.0444. The first-order valence-electron chi connectivity index (χ1n) is 6.28. The summed E-state index contributed by atoms with van der Waals surface area (Å²) in [6, 6.07) is 6.46. The number of aromatic hydroxyl groups is 1. The van der Waals surface area contributed by atoms with Crippen molar-refractivity contribution >= 4 is 23.9 Å². The van der Waals surface area contributed by atoms with Gasteiger partial charge in [-0.2, -0.15) is 5.10 Å². The number of hydrogen-bond donors (Lipinski definition) is 2. The van der Waals surface area contributed by atoms with Crippen LogP contribution >= 0.6 is 11.8 Å². The zero-order valence-corrected chi connectivity index (χ0v) is 12.6. The van der Waals surface area contributed by atoms with E-state index in [1.807, 2.05) is 0 Å². The number of ether oxygens (including phenoxy) is 1. The molecule has 0 fully saturated rings. The minimum Gasteiger partial charge on any atom is -0.504 e. The van der Waals surface area contributed by atoms with Gasteiger partial charge in [-0.1, -0.05) is 11.8 Å². The van der Waals surface area contributed by atoms with Crippen molar-refractivity contribution in [2.75, 3.05) is 12.9 Å². The Hall–Kier alpha value is -2.61. The normalized spacial score (nSPS) is 10.6. The molecule has 0 aliphatic rings. The summed E-state index contributed by atoms with van der Waals surface area (Å²) in [4.78, 5) is 19.6. The van der Waals surface area contributed by atoms with Crippen molar-refractivity contribution in [2.24, 2.45) is 5.10 Å². The van der Waals surface area contributed by atoms with E-state index in [0.717, 1.165) is 0 Å². The van der Waals surface area contributed by atoms with Crippen molar-refractivity contribution in [1.29, 1.82) is 0 Å². The maximum absolute atomic E-state index is 11.6. The first kappa shape index (κ1) is 15.8. The smallest absolute Gasteiger partial charge is 0.250 e. The molecule has 114 valence electrons. The molecule has 0 saturated heterocycles. The molecule has 2 aromatic rings. The Labute approximate surface area is 131 Å². The molecule has 0 aliphatic carbocycles. The van der Waals surface area contributed by atoms with Crippen molar-refractivity contribution in [3.63, 3.8) is 0 Å². The Kier molecular flexibility index (Phi) is 5.73. The second-order valence-corrected chi connectivity index (χ2v) is 4.99. The highest BCUT2D eigenvalue weighted by molar-refractivity contribution is 7.99. The first-order valence-corrected chi connectivity index (χ1v) is 7.26. The van der Waals surface area contributed by atoms with Crippen LogP contribution in [0.4, 0.5) is 0 Å². The first-order chi connectivity index (χ1) is 10.7. The molecule has 7 nitrogen and oxygen atoms in total. The van der Waals surface area contributed by atoms with E-state index < -0.39 is 0 Å². The van der Waals surface area contributed by atoms with Crippen LogP contribution < -0.4 is 10.2 Å². The number of aromatic nitrogens is 2. The predicted octanol–water partition coefficient (Wildman–Crippen LogP) is 1.43. The van der Waals surface area contributed by atoms with Crippen LogP contribution in [0.3, 0.4) is 0 Å². The molecule has 0 spiro atoms. The monoisotopic (exact) mass is 318 g/mol. The summed E-state index contributed by atoms with van der Waals surface area (Å²) in [5.41, 5.74) is 3.09. The topological polar surface area (TPSA) is 96.7 Å². The third-order valence-corrected chi connectivity index (χ3v) is 3.36. The molecule has 0 unspecified atom stereocenters. The third-order valence-electron chi connectivity index (χ3n) is 2.48. The van der Waals surface area contributed by atoms with E-state index in [-0.39, 0.29) is 17.4 Å². The lowest BCUT2D eigenvalue weighted by atomic mass is 10.2. The standard InChI is InChI=1S/C14H14N4O3S/c1-21-12-7-10(3-4-11(12)19)8-17-18-13(20)9-22-14-15-5-2-6-16-14/h2-8,19H,9H2,1H3,(H,18,20)/b17-8-. The molecule has 0 radical (unpaired) electrons. The number of rotatable bonds is 6. The second kappa shape index (κ2) is 7.99. The van der Waals surface area contributed by atoms with Crippen LogP contribution in [0.1, 0.15) is 5.56 Å². The fourth-order valence-electron chi connectivity index (χ4n) is 1.48. The molecule has 0 saturated carbocycles. The number of benzene rings is 1. The molecule has 0 bridgehead atoms. The van der Waals surface area contributed by atoms with Gasteiger partial charge < -0.3 is 9.84 Å². The molecule has 2 rings (SSSR count). The molecule has 1 aromatic heterocycles. The number of phenols is 1. The van der Waals surface area contributed by atoms with E-state index in [4.69, 9.17) is 4.74 Å². The number of thioether (sulfide) groups is 1. The van der Waals surface area contributed by atoms with E-state index in [9.17, 15) is 9.90 Å². The number of nitrogens with one attached hydrogen (secondary N) is 1. The number of amides is 1. The lowest BCUT2D eigenvalue weighted by Crippen LogP contribution is -2.19. The molecule has 8 heteroatoms. The van der Waals surface area contributed by atoms with E-state index >= 15 is 0 Å². The fraction of sp³-hybridized carbons (Fsp3) is 0.143. The largest absolute Gasteiger partial charge is 0.504 e. The van der Waals surface area contributed by atoms with Gasteiger partial charge >= 0.3 is 0 Å². The molecular weight excluding hydrogens is 304 g/mol. The van der Waals surface area contributed by atoms with Crippen molar-refractivity contribution in [1.82, 2.24) is 15.4 Å². The zero-order chi connectivity index (χ0) is 15.8. The van der Waals surface area contributed by atoms with E-state index in [0.29, 0.717) is 16.5 Å². The fourth-order valence-corrected chi connectivity index (χ4v) is 2.07. The van der Waals surface area contributed by atoms with E-state index in [1.165, 1.54) is 31.2 Å². The molecule has 0 atom stereocenters. The number of carbonyl (C=O) groups excluding carboxylic acids is 1. The van der Waals surface area contributed by atoms with Crippen LogP contribution in [0.5, 0.6) is 11.5 Å². The Morgan fingerprint density at radius 2 is 2.23 bits per heavy atom. The lowest BCUT2D eigenvalue weighted by molar-refractivity contribution is -0.118. The lowest BCUT2D eigenvalue weighted by Gasteiger charge is -2.03. The van der Waals surface area contributed by atoms with Crippen LogP contribution in [-0.4, -0.2) is 40.1 Å². The van der Waals surface area contributed by atoms with E-state index in [1.54, 1.807) is 30.6 Å². The Bertz CT molecular complexity index is 664. The zero-order valence-electron chi connectivity index (χ0n) is 11.8. The molecule has 1 amide bonds. The van der Waals surface area contributed by atoms with E-state index in [2.05, 4.69) is 20.5 Å². The number of hydrazone groups is 1. The minimum atomic E-state index is -0.264. The maximum Gasteiger partial charge on any atom is 0.250 e. The quantitative estimate of drug-likeness (QED) is 0.362. The van der Waals surface area contributed by atoms with Crippen molar-refractivity contribution in [3.8, 4) is 11.5 Å². The molecule has 22 heavy (non-hydrogen) atoms. The number of hydrogen-bond acceptors (Lipinski definition) is 7. The maximum atomic E-state index is 11.6.